The summed E-state index contributed by atoms with van der Waals surface area (Å²) in [4.78, 5) is 25.8. The normalized spacial score (nSPS) is 51.8. The molecule has 2 N–H and O–H groups in total. The van der Waals surface area contributed by atoms with E-state index < -0.39 is 16.8 Å². The number of hydrogen-bond acceptors (Lipinski definition) is 3. The second-order valence-electron chi connectivity index (χ2n) is 14.6. The summed E-state index contributed by atoms with van der Waals surface area (Å²) in [7, 11) is 0. The van der Waals surface area contributed by atoms with Crippen molar-refractivity contribution in [2.75, 3.05) is 6.61 Å². The second kappa shape index (κ2) is 9.09. The number of Topliss-reactive ketones (excluding diaryl/α,β-unsaturated/α-hetero) is 1. The third-order valence-corrected chi connectivity index (χ3v) is 13.7. The van der Waals surface area contributed by atoms with Gasteiger partial charge in [0.1, 0.15) is 5.78 Å². The van der Waals surface area contributed by atoms with Crippen LogP contribution in [0.4, 0.5) is 0 Å². The third kappa shape index (κ3) is 3.34. The van der Waals surface area contributed by atoms with Crippen LogP contribution in [0, 0.1) is 62.6 Å². The average Bonchev–Trinajstić information content (AvgIpc) is 3.25. The lowest BCUT2D eigenvalue weighted by atomic mass is 9.32. The van der Waals surface area contributed by atoms with Crippen molar-refractivity contribution in [1.29, 1.82) is 0 Å². The van der Waals surface area contributed by atoms with Gasteiger partial charge in [-0.25, -0.2) is 0 Å². The Morgan fingerprint density at radius 3 is 2.14 bits per heavy atom. The van der Waals surface area contributed by atoms with Crippen LogP contribution in [0.25, 0.3) is 0 Å². The standard InChI is InChI=1S/C30H48O4.C2H6/c1-18(2)19-9-14-30(25(33)34)16-15-28(5)20(24(19)30)7-8-22-26(3)12-11-23(32)27(4,17-31)21(26)10-13-29(22,28)6;1-2/h18-22,24,31H,7-17H2,1-6H3,(H,33,34);1-2H3. The molecule has 0 aromatic heterocycles. The molecular weight excluding hydrogens is 448 g/mol. The number of aliphatic hydroxyl groups is 1. The van der Waals surface area contributed by atoms with Crippen molar-refractivity contribution in [2.45, 2.75) is 120 Å². The highest BCUT2D eigenvalue weighted by Gasteiger charge is 2.72. The molecule has 5 rings (SSSR count). The molecule has 0 spiro atoms. The van der Waals surface area contributed by atoms with E-state index in [0.29, 0.717) is 36.0 Å². The average molecular weight is 503 g/mol. The lowest BCUT2D eigenvalue weighted by Crippen LogP contribution is -2.67. The van der Waals surface area contributed by atoms with Gasteiger partial charge in [-0.05, 0) is 110 Å². The molecule has 0 saturated heterocycles. The van der Waals surface area contributed by atoms with Gasteiger partial charge in [-0.3, -0.25) is 9.59 Å². The Morgan fingerprint density at radius 1 is 0.889 bits per heavy atom. The fourth-order valence-corrected chi connectivity index (χ4v) is 11.6. The summed E-state index contributed by atoms with van der Waals surface area (Å²) >= 11 is 0. The Morgan fingerprint density at radius 2 is 1.56 bits per heavy atom. The first kappa shape index (κ1) is 28.1. The first-order valence-corrected chi connectivity index (χ1v) is 15.2. The number of carboxylic acid groups (broad SMARTS) is 1. The van der Waals surface area contributed by atoms with Crippen LogP contribution in [0.1, 0.15) is 120 Å². The van der Waals surface area contributed by atoms with Gasteiger partial charge in [0.25, 0.3) is 0 Å². The van der Waals surface area contributed by atoms with Gasteiger partial charge >= 0.3 is 5.97 Å². The van der Waals surface area contributed by atoms with Crippen molar-refractivity contribution in [2.24, 2.45) is 62.6 Å². The third-order valence-electron chi connectivity index (χ3n) is 13.7. The smallest absolute Gasteiger partial charge is 0.309 e. The van der Waals surface area contributed by atoms with Gasteiger partial charge in [0, 0.05) is 6.42 Å². The van der Waals surface area contributed by atoms with Gasteiger partial charge < -0.3 is 10.2 Å². The predicted molar refractivity (Wildman–Crippen MR) is 144 cm³/mol. The number of ketones is 1. The molecule has 4 heteroatoms. The SMILES string of the molecule is CC.CC(C)C1CCC2(C(=O)O)CCC3(C)C(CCC4C5(C)CCC(=O)C(C)(CO)C5CCC43C)C12. The number of hydrogen-bond donors (Lipinski definition) is 2. The van der Waals surface area contributed by atoms with E-state index in [1.165, 1.54) is 0 Å². The summed E-state index contributed by atoms with van der Waals surface area (Å²) in [5.41, 5.74) is -0.753. The summed E-state index contributed by atoms with van der Waals surface area (Å²) < 4.78 is 0. The first-order valence-electron chi connectivity index (χ1n) is 15.2. The largest absolute Gasteiger partial charge is 0.481 e. The molecule has 10 unspecified atom stereocenters. The zero-order valence-corrected chi connectivity index (χ0v) is 24.5. The lowest BCUT2D eigenvalue weighted by molar-refractivity contribution is -0.240. The number of aliphatic hydroxyl groups excluding tert-OH is 1. The van der Waals surface area contributed by atoms with Crippen LogP contribution in [0.3, 0.4) is 0 Å². The molecule has 0 bridgehead atoms. The van der Waals surface area contributed by atoms with E-state index in [2.05, 4.69) is 34.6 Å². The molecule has 4 nitrogen and oxygen atoms in total. The zero-order chi connectivity index (χ0) is 26.9. The van der Waals surface area contributed by atoms with Gasteiger partial charge in [0.2, 0.25) is 0 Å². The zero-order valence-electron chi connectivity index (χ0n) is 24.5. The molecule has 0 amide bonds. The fourth-order valence-electron chi connectivity index (χ4n) is 11.6. The lowest BCUT2D eigenvalue weighted by Gasteiger charge is -2.72. The Kier molecular flexibility index (Phi) is 7.10. The van der Waals surface area contributed by atoms with Gasteiger partial charge in [0.05, 0.1) is 17.4 Å². The van der Waals surface area contributed by atoms with Crippen LogP contribution in [-0.4, -0.2) is 28.6 Å². The maximum Gasteiger partial charge on any atom is 0.309 e. The van der Waals surface area contributed by atoms with Crippen LogP contribution in [0.5, 0.6) is 0 Å². The molecule has 0 aromatic carbocycles. The maximum absolute atomic E-state index is 13.0. The Hall–Kier alpha value is -0.900. The Balaban J connectivity index is 0.00000148. The van der Waals surface area contributed by atoms with Gasteiger partial charge in [-0.15, -0.1) is 0 Å². The molecule has 0 radical (unpaired) electrons. The Bertz CT molecular complexity index is 881. The number of carbonyl (C=O) groups excluding carboxylic acids is 1. The molecule has 0 aliphatic heterocycles. The van der Waals surface area contributed by atoms with Crippen molar-refractivity contribution in [3.63, 3.8) is 0 Å². The number of aliphatic carboxylic acids is 1. The predicted octanol–water partition coefficient (Wildman–Crippen LogP) is 7.38. The van der Waals surface area contributed by atoms with E-state index in [1.54, 1.807) is 0 Å². The van der Waals surface area contributed by atoms with Crippen molar-refractivity contribution in [1.82, 2.24) is 0 Å². The first-order chi connectivity index (χ1) is 16.8. The summed E-state index contributed by atoms with van der Waals surface area (Å²) in [5.74, 6) is 2.33. The number of carboxylic acids is 1. The molecule has 5 aliphatic carbocycles. The molecule has 206 valence electrons. The molecule has 5 aliphatic rings. The molecule has 5 saturated carbocycles. The number of fused-ring (bicyclic) bond motifs is 7. The van der Waals surface area contributed by atoms with Crippen LogP contribution in [0.2, 0.25) is 0 Å². The van der Waals surface area contributed by atoms with Crippen molar-refractivity contribution < 1.29 is 19.8 Å². The van der Waals surface area contributed by atoms with E-state index in [1.807, 2.05) is 20.8 Å². The molecule has 36 heavy (non-hydrogen) atoms. The van der Waals surface area contributed by atoms with Gasteiger partial charge in [-0.1, -0.05) is 55.4 Å². The van der Waals surface area contributed by atoms with Crippen molar-refractivity contribution >= 4 is 11.8 Å². The highest BCUT2D eigenvalue weighted by atomic mass is 16.4. The van der Waals surface area contributed by atoms with Gasteiger partial charge in [0.15, 0.2) is 0 Å². The minimum atomic E-state index is -0.606. The molecule has 0 heterocycles. The molecule has 5 fully saturated rings. The topological polar surface area (TPSA) is 74.6 Å². The summed E-state index contributed by atoms with van der Waals surface area (Å²) in [6.45, 7) is 18.1. The summed E-state index contributed by atoms with van der Waals surface area (Å²) in [6.07, 6.45) is 9.72. The van der Waals surface area contributed by atoms with Crippen LogP contribution >= 0.6 is 0 Å². The summed E-state index contributed by atoms with van der Waals surface area (Å²) in [5, 5.41) is 20.9. The fraction of sp³-hybridized carbons (Fsp3) is 0.938. The molecular formula is C32H54O4. The quantitative estimate of drug-likeness (QED) is 0.422. The van der Waals surface area contributed by atoms with Crippen molar-refractivity contribution in [3.8, 4) is 0 Å². The minimum Gasteiger partial charge on any atom is -0.481 e. The van der Waals surface area contributed by atoms with Crippen molar-refractivity contribution in [3.05, 3.63) is 0 Å². The van der Waals surface area contributed by atoms with E-state index in [-0.39, 0.29) is 34.6 Å². The van der Waals surface area contributed by atoms with E-state index in [0.717, 1.165) is 57.8 Å². The molecule has 0 aromatic rings. The maximum atomic E-state index is 13.0. The highest BCUT2D eigenvalue weighted by Crippen LogP contribution is 2.77. The van der Waals surface area contributed by atoms with E-state index in [4.69, 9.17) is 0 Å². The highest BCUT2D eigenvalue weighted by molar-refractivity contribution is 5.86. The van der Waals surface area contributed by atoms with Gasteiger partial charge in [-0.2, -0.15) is 0 Å². The summed E-state index contributed by atoms with van der Waals surface area (Å²) in [6, 6.07) is 0. The monoisotopic (exact) mass is 502 g/mol. The number of rotatable bonds is 3. The van der Waals surface area contributed by atoms with Crippen LogP contribution in [-0.2, 0) is 9.59 Å². The second-order valence-corrected chi connectivity index (χ2v) is 14.6. The minimum absolute atomic E-state index is 0.0330. The number of carbonyl (C=O) groups is 2. The van der Waals surface area contributed by atoms with E-state index >= 15 is 0 Å². The van der Waals surface area contributed by atoms with Crippen LogP contribution < -0.4 is 0 Å². The van der Waals surface area contributed by atoms with E-state index in [9.17, 15) is 19.8 Å². The van der Waals surface area contributed by atoms with Crippen LogP contribution in [0.15, 0.2) is 0 Å². The Labute approximate surface area is 220 Å². The molecule has 10 atom stereocenters.